The molecule has 1 aromatic heterocycles. The normalized spacial score (nSPS) is 10.6. The molecule has 0 spiro atoms. The van der Waals surface area contributed by atoms with E-state index in [0.29, 0.717) is 35.6 Å². The van der Waals surface area contributed by atoms with Crippen molar-refractivity contribution in [2.24, 2.45) is 0 Å². The van der Waals surface area contributed by atoms with Crippen molar-refractivity contribution < 1.29 is 18.7 Å². The van der Waals surface area contributed by atoms with Crippen molar-refractivity contribution in [2.45, 2.75) is 13.5 Å². The maximum absolute atomic E-state index is 5.96. The Labute approximate surface area is 175 Å². The predicted molar refractivity (Wildman–Crippen MR) is 114 cm³/mol. The third-order valence-corrected chi connectivity index (χ3v) is 4.66. The molecule has 0 atom stereocenters. The molecule has 6 nitrogen and oxygen atoms in total. The molecule has 0 amide bonds. The van der Waals surface area contributed by atoms with Gasteiger partial charge in [0.25, 0.3) is 5.89 Å². The van der Waals surface area contributed by atoms with Crippen molar-refractivity contribution in [1.29, 1.82) is 0 Å². The number of para-hydroxylation sites is 1. The predicted octanol–water partition coefficient (Wildman–Crippen LogP) is 5.31. The molecular weight excluding hydrogens is 380 g/mol. The lowest BCUT2D eigenvalue weighted by molar-refractivity contribution is 0.284. The van der Waals surface area contributed by atoms with Crippen LogP contribution in [0.4, 0.5) is 0 Å². The van der Waals surface area contributed by atoms with Crippen LogP contribution in [0.5, 0.6) is 17.2 Å². The van der Waals surface area contributed by atoms with E-state index in [0.717, 1.165) is 16.7 Å². The van der Waals surface area contributed by atoms with E-state index in [2.05, 4.69) is 29.2 Å². The second-order valence-corrected chi connectivity index (χ2v) is 6.77. The molecule has 152 valence electrons. The zero-order valence-electron chi connectivity index (χ0n) is 17.1. The van der Waals surface area contributed by atoms with Crippen molar-refractivity contribution in [3.05, 3.63) is 77.9 Å². The van der Waals surface area contributed by atoms with Gasteiger partial charge in [0.05, 0.1) is 19.8 Å². The van der Waals surface area contributed by atoms with Crippen LogP contribution >= 0.6 is 0 Å². The molecule has 3 aromatic carbocycles. The summed E-state index contributed by atoms with van der Waals surface area (Å²) < 4.78 is 22.3. The number of methoxy groups -OCH3 is 2. The average Bonchev–Trinajstić information content (AvgIpc) is 3.27. The monoisotopic (exact) mass is 402 g/mol. The summed E-state index contributed by atoms with van der Waals surface area (Å²) in [6.07, 6.45) is 0. The summed E-state index contributed by atoms with van der Waals surface area (Å²) in [7, 11) is 3.21. The van der Waals surface area contributed by atoms with Crippen LogP contribution in [0.3, 0.4) is 0 Å². The molecule has 4 rings (SSSR count). The molecule has 0 aliphatic heterocycles. The summed E-state index contributed by atoms with van der Waals surface area (Å²) in [4.78, 5) is 4.51. The molecule has 0 aliphatic rings. The fourth-order valence-corrected chi connectivity index (χ4v) is 3.16. The molecule has 0 saturated carbocycles. The standard InChI is InChI=1S/C24H22N2O4/c1-16-7-6-8-17(13-16)15-29-21-12-11-18(14-22(21)28-3)23-25-24(30-26-23)19-9-4-5-10-20(19)27-2/h4-14H,15H2,1-3H3. The van der Waals surface area contributed by atoms with E-state index in [1.165, 1.54) is 5.56 Å². The first-order chi connectivity index (χ1) is 14.7. The summed E-state index contributed by atoms with van der Waals surface area (Å²) >= 11 is 0. The first-order valence-corrected chi connectivity index (χ1v) is 9.52. The number of hydrogen-bond acceptors (Lipinski definition) is 6. The highest BCUT2D eigenvalue weighted by Crippen LogP contribution is 2.34. The van der Waals surface area contributed by atoms with Gasteiger partial charge in [-0.3, -0.25) is 0 Å². The average molecular weight is 402 g/mol. The van der Waals surface area contributed by atoms with Crippen LogP contribution < -0.4 is 14.2 Å². The van der Waals surface area contributed by atoms with Crippen molar-refractivity contribution in [1.82, 2.24) is 10.1 Å². The van der Waals surface area contributed by atoms with Gasteiger partial charge in [-0.25, -0.2) is 0 Å². The molecule has 0 N–H and O–H groups in total. The van der Waals surface area contributed by atoms with E-state index < -0.39 is 0 Å². The second-order valence-electron chi connectivity index (χ2n) is 6.77. The van der Waals surface area contributed by atoms with E-state index in [-0.39, 0.29) is 0 Å². The summed E-state index contributed by atoms with van der Waals surface area (Å²) in [6.45, 7) is 2.51. The van der Waals surface area contributed by atoms with Crippen LogP contribution in [0.1, 0.15) is 11.1 Å². The van der Waals surface area contributed by atoms with Crippen LogP contribution in [-0.2, 0) is 6.61 Å². The Balaban J connectivity index is 1.56. The van der Waals surface area contributed by atoms with Gasteiger partial charge >= 0.3 is 0 Å². The number of ether oxygens (including phenoxy) is 3. The summed E-state index contributed by atoms with van der Waals surface area (Å²) in [5.74, 6) is 2.77. The molecule has 4 aromatic rings. The largest absolute Gasteiger partial charge is 0.496 e. The zero-order chi connectivity index (χ0) is 20.9. The van der Waals surface area contributed by atoms with E-state index in [1.807, 2.05) is 54.6 Å². The van der Waals surface area contributed by atoms with Crippen LogP contribution in [0.25, 0.3) is 22.8 Å². The van der Waals surface area contributed by atoms with Crippen molar-refractivity contribution in [3.63, 3.8) is 0 Å². The first-order valence-electron chi connectivity index (χ1n) is 9.52. The Morgan fingerprint density at radius 2 is 1.67 bits per heavy atom. The Morgan fingerprint density at radius 3 is 2.47 bits per heavy atom. The Kier molecular flexibility index (Phi) is 5.66. The summed E-state index contributed by atoms with van der Waals surface area (Å²) in [5.41, 5.74) is 3.80. The summed E-state index contributed by atoms with van der Waals surface area (Å²) in [5, 5.41) is 4.11. The van der Waals surface area contributed by atoms with Gasteiger partial charge in [0.15, 0.2) is 11.5 Å². The zero-order valence-corrected chi connectivity index (χ0v) is 17.1. The van der Waals surface area contributed by atoms with E-state index in [1.54, 1.807) is 14.2 Å². The third kappa shape index (κ3) is 4.12. The van der Waals surface area contributed by atoms with Gasteiger partial charge in [-0.1, -0.05) is 47.1 Å². The highest BCUT2D eigenvalue weighted by Gasteiger charge is 2.16. The number of benzene rings is 3. The number of aromatic nitrogens is 2. The highest BCUT2D eigenvalue weighted by molar-refractivity contribution is 5.66. The minimum atomic E-state index is 0.390. The molecule has 6 heteroatoms. The number of hydrogen-bond donors (Lipinski definition) is 0. The maximum Gasteiger partial charge on any atom is 0.262 e. The van der Waals surface area contributed by atoms with Gasteiger partial charge in [-0.05, 0) is 42.8 Å². The van der Waals surface area contributed by atoms with Crippen LogP contribution in [-0.4, -0.2) is 24.4 Å². The Morgan fingerprint density at radius 1 is 0.833 bits per heavy atom. The topological polar surface area (TPSA) is 66.6 Å². The number of nitrogens with zero attached hydrogens (tertiary/aromatic N) is 2. The number of rotatable bonds is 7. The Bertz CT molecular complexity index is 1150. The molecule has 0 fully saturated rings. The van der Waals surface area contributed by atoms with Crippen molar-refractivity contribution in [3.8, 4) is 40.1 Å². The fraction of sp³-hybridized carbons (Fsp3) is 0.167. The number of aryl methyl sites for hydroxylation is 1. The molecule has 0 unspecified atom stereocenters. The molecule has 30 heavy (non-hydrogen) atoms. The van der Waals surface area contributed by atoms with Gasteiger partial charge in [0.2, 0.25) is 5.82 Å². The smallest absolute Gasteiger partial charge is 0.262 e. The molecule has 0 aliphatic carbocycles. The van der Waals surface area contributed by atoms with Gasteiger partial charge in [-0.15, -0.1) is 0 Å². The van der Waals surface area contributed by atoms with E-state index >= 15 is 0 Å². The molecular formula is C24H22N2O4. The van der Waals surface area contributed by atoms with E-state index in [9.17, 15) is 0 Å². The highest BCUT2D eigenvalue weighted by atomic mass is 16.5. The maximum atomic E-state index is 5.96. The minimum Gasteiger partial charge on any atom is -0.496 e. The van der Waals surface area contributed by atoms with Gasteiger partial charge in [0.1, 0.15) is 12.4 Å². The molecule has 0 saturated heterocycles. The molecule has 0 radical (unpaired) electrons. The quantitative estimate of drug-likeness (QED) is 0.417. The molecule has 0 bridgehead atoms. The van der Waals surface area contributed by atoms with Crippen molar-refractivity contribution in [2.75, 3.05) is 14.2 Å². The van der Waals surface area contributed by atoms with Gasteiger partial charge in [-0.2, -0.15) is 4.98 Å². The van der Waals surface area contributed by atoms with Gasteiger partial charge in [0, 0.05) is 5.56 Å². The minimum absolute atomic E-state index is 0.390. The first kappa shape index (κ1) is 19.5. The van der Waals surface area contributed by atoms with Crippen LogP contribution in [0.15, 0.2) is 71.3 Å². The molecule has 1 heterocycles. The van der Waals surface area contributed by atoms with E-state index in [4.69, 9.17) is 18.7 Å². The Hall–Kier alpha value is -3.80. The van der Waals surface area contributed by atoms with Crippen LogP contribution in [0, 0.1) is 6.92 Å². The SMILES string of the molecule is COc1cc(-c2noc(-c3ccccc3OC)n2)ccc1OCc1cccc(C)c1. The van der Waals surface area contributed by atoms with Crippen LogP contribution in [0.2, 0.25) is 0 Å². The lowest BCUT2D eigenvalue weighted by Gasteiger charge is -2.11. The lowest BCUT2D eigenvalue weighted by atomic mass is 10.1. The van der Waals surface area contributed by atoms with Gasteiger partial charge < -0.3 is 18.7 Å². The lowest BCUT2D eigenvalue weighted by Crippen LogP contribution is -1.98. The summed E-state index contributed by atoms with van der Waals surface area (Å²) in [6, 6.07) is 21.3. The second kappa shape index (κ2) is 8.69. The third-order valence-electron chi connectivity index (χ3n) is 4.66. The fourth-order valence-electron chi connectivity index (χ4n) is 3.16. The van der Waals surface area contributed by atoms with Crippen molar-refractivity contribution >= 4 is 0 Å².